The summed E-state index contributed by atoms with van der Waals surface area (Å²) in [4.78, 5) is 52.2. The van der Waals surface area contributed by atoms with Gasteiger partial charge in [-0.2, -0.15) is 0 Å². The van der Waals surface area contributed by atoms with E-state index < -0.39 is 28.8 Å². The van der Waals surface area contributed by atoms with Gasteiger partial charge in [0, 0.05) is 13.1 Å². The molecule has 0 saturated carbocycles. The average Bonchev–Trinajstić information content (AvgIpc) is 3.10. The Bertz CT molecular complexity index is 1310. The van der Waals surface area contributed by atoms with Crippen LogP contribution in [0.5, 0.6) is 0 Å². The SMILES string of the molecule is CCOC(=O)c1sc2c(c1C)c(=O)n(CCC(=O)OC(C)(C)C)c(=O)n2CCc1ccccc1. The minimum absolute atomic E-state index is 0.113. The zero-order valence-corrected chi connectivity index (χ0v) is 21.0. The maximum Gasteiger partial charge on any atom is 0.348 e. The van der Waals surface area contributed by atoms with Crippen LogP contribution in [0.2, 0.25) is 0 Å². The minimum Gasteiger partial charge on any atom is -0.462 e. The third-order valence-electron chi connectivity index (χ3n) is 5.18. The summed E-state index contributed by atoms with van der Waals surface area (Å²) < 4.78 is 13.0. The average molecular weight is 487 g/mol. The number of hydrogen-bond donors (Lipinski definition) is 0. The van der Waals surface area contributed by atoms with E-state index in [1.54, 1.807) is 34.6 Å². The van der Waals surface area contributed by atoms with Crippen molar-refractivity contribution in [2.24, 2.45) is 0 Å². The molecule has 0 N–H and O–H groups in total. The van der Waals surface area contributed by atoms with Gasteiger partial charge >= 0.3 is 17.6 Å². The highest BCUT2D eigenvalue weighted by Crippen LogP contribution is 2.28. The molecule has 2 heterocycles. The van der Waals surface area contributed by atoms with E-state index in [4.69, 9.17) is 9.47 Å². The number of ether oxygens (including phenoxy) is 2. The van der Waals surface area contributed by atoms with E-state index >= 15 is 0 Å². The lowest BCUT2D eigenvalue weighted by Gasteiger charge is -2.19. The summed E-state index contributed by atoms with van der Waals surface area (Å²) in [5, 5.41) is 0.296. The van der Waals surface area contributed by atoms with Gasteiger partial charge < -0.3 is 9.47 Å². The molecule has 0 amide bonds. The smallest absolute Gasteiger partial charge is 0.348 e. The fourth-order valence-corrected chi connectivity index (χ4v) is 4.87. The lowest BCUT2D eigenvalue weighted by atomic mass is 10.1. The number of carbonyl (C=O) groups is 2. The Balaban J connectivity index is 2.09. The van der Waals surface area contributed by atoms with Crippen LogP contribution in [0, 0.1) is 6.92 Å². The first-order chi connectivity index (χ1) is 16.0. The van der Waals surface area contributed by atoms with Crippen molar-refractivity contribution >= 4 is 33.5 Å². The summed E-state index contributed by atoms with van der Waals surface area (Å²) in [7, 11) is 0. The topological polar surface area (TPSA) is 96.6 Å². The second kappa shape index (κ2) is 10.4. The molecule has 34 heavy (non-hydrogen) atoms. The van der Waals surface area contributed by atoms with Gasteiger partial charge in [0.05, 0.1) is 18.4 Å². The Hall–Kier alpha value is -3.20. The summed E-state index contributed by atoms with van der Waals surface area (Å²) in [5.41, 5.74) is -0.200. The highest BCUT2D eigenvalue weighted by atomic mass is 32.1. The highest BCUT2D eigenvalue weighted by Gasteiger charge is 2.24. The van der Waals surface area contributed by atoms with Crippen molar-refractivity contribution in [1.29, 1.82) is 0 Å². The largest absolute Gasteiger partial charge is 0.462 e. The van der Waals surface area contributed by atoms with Crippen LogP contribution in [0.15, 0.2) is 39.9 Å². The van der Waals surface area contributed by atoms with Crippen molar-refractivity contribution in [2.45, 2.75) is 66.2 Å². The molecule has 0 unspecified atom stereocenters. The minimum atomic E-state index is -0.666. The molecule has 8 nitrogen and oxygen atoms in total. The van der Waals surface area contributed by atoms with Gasteiger partial charge in [-0.3, -0.25) is 18.7 Å². The number of rotatable bonds is 8. The van der Waals surface area contributed by atoms with Crippen molar-refractivity contribution in [3.63, 3.8) is 0 Å². The predicted molar refractivity (Wildman–Crippen MR) is 132 cm³/mol. The molecule has 3 rings (SSSR count). The van der Waals surface area contributed by atoms with E-state index in [9.17, 15) is 19.2 Å². The molecule has 2 aromatic heterocycles. The Labute approximate surface area is 201 Å². The zero-order valence-electron chi connectivity index (χ0n) is 20.2. The summed E-state index contributed by atoms with van der Waals surface area (Å²) in [6.45, 7) is 9.05. The van der Waals surface area contributed by atoms with Crippen LogP contribution in [0.3, 0.4) is 0 Å². The molecule has 0 spiro atoms. The van der Waals surface area contributed by atoms with E-state index in [2.05, 4.69) is 0 Å². The van der Waals surface area contributed by atoms with Crippen LogP contribution in [-0.4, -0.2) is 33.3 Å². The Morgan fingerprint density at radius 1 is 1.03 bits per heavy atom. The molecule has 0 aliphatic rings. The van der Waals surface area contributed by atoms with Crippen molar-refractivity contribution < 1.29 is 19.1 Å². The number of fused-ring (bicyclic) bond motifs is 1. The first-order valence-corrected chi connectivity index (χ1v) is 12.0. The monoisotopic (exact) mass is 486 g/mol. The van der Waals surface area contributed by atoms with Crippen molar-refractivity contribution in [1.82, 2.24) is 9.13 Å². The number of esters is 2. The highest BCUT2D eigenvalue weighted by molar-refractivity contribution is 7.20. The van der Waals surface area contributed by atoms with Crippen molar-refractivity contribution in [3.05, 3.63) is 67.2 Å². The molecule has 3 aromatic rings. The maximum atomic E-state index is 13.4. The predicted octanol–water partition coefficient (Wildman–Crippen LogP) is 3.68. The van der Waals surface area contributed by atoms with Gasteiger partial charge in [0.1, 0.15) is 15.3 Å². The van der Waals surface area contributed by atoms with Gasteiger partial charge in [0.2, 0.25) is 0 Å². The normalized spacial score (nSPS) is 11.6. The fraction of sp³-hybridized carbons (Fsp3) is 0.440. The third-order valence-corrected chi connectivity index (χ3v) is 6.48. The van der Waals surface area contributed by atoms with Gasteiger partial charge in [-0.1, -0.05) is 30.3 Å². The lowest BCUT2D eigenvalue weighted by molar-refractivity contribution is -0.155. The van der Waals surface area contributed by atoms with Gasteiger partial charge in [0.15, 0.2) is 0 Å². The van der Waals surface area contributed by atoms with E-state index in [1.165, 1.54) is 4.57 Å². The summed E-state index contributed by atoms with van der Waals surface area (Å²) in [6, 6.07) is 9.68. The second-order valence-electron chi connectivity index (χ2n) is 8.92. The van der Waals surface area contributed by atoms with Crippen LogP contribution in [0.25, 0.3) is 10.2 Å². The summed E-state index contributed by atoms with van der Waals surface area (Å²) in [6.07, 6.45) is 0.441. The molecule has 0 bridgehead atoms. The Morgan fingerprint density at radius 3 is 2.32 bits per heavy atom. The molecular weight excluding hydrogens is 456 g/mol. The quantitative estimate of drug-likeness (QED) is 0.451. The number of carbonyl (C=O) groups excluding carboxylic acids is 2. The number of aromatic nitrogens is 2. The molecule has 0 atom stereocenters. The Morgan fingerprint density at radius 2 is 1.71 bits per heavy atom. The number of nitrogens with zero attached hydrogens (tertiary/aromatic N) is 2. The number of thiophene rings is 1. The lowest BCUT2D eigenvalue weighted by Crippen LogP contribution is -2.40. The fourth-order valence-electron chi connectivity index (χ4n) is 3.66. The van der Waals surface area contributed by atoms with Crippen LogP contribution in [0.4, 0.5) is 0 Å². The van der Waals surface area contributed by atoms with E-state index in [0.717, 1.165) is 21.5 Å². The molecule has 0 fully saturated rings. The second-order valence-corrected chi connectivity index (χ2v) is 9.92. The number of benzene rings is 1. The summed E-state index contributed by atoms with van der Waals surface area (Å²) in [5.74, 6) is -1.02. The van der Waals surface area contributed by atoms with Crippen LogP contribution < -0.4 is 11.2 Å². The third kappa shape index (κ3) is 5.64. The molecular formula is C25H30N2O6S. The zero-order chi connectivity index (χ0) is 25.0. The van der Waals surface area contributed by atoms with Crippen molar-refractivity contribution in [3.8, 4) is 0 Å². The van der Waals surface area contributed by atoms with Crippen LogP contribution in [-0.2, 0) is 33.8 Å². The first kappa shape index (κ1) is 25.4. The molecule has 182 valence electrons. The van der Waals surface area contributed by atoms with E-state index in [-0.39, 0.29) is 19.6 Å². The maximum absolute atomic E-state index is 13.4. The van der Waals surface area contributed by atoms with E-state index in [0.29, 0.717) is 33.6 Å². The molecule has 0 aliphatic carbocycles. The van der Waals surface area contributed by atoms with Gasteiger partial charge in [0.25, 0.3) is 5.56 Å². The molecule has 9 heteroatoms. The van der Waals surface area contributed by atoms with Gasteiger partial charge in [-0.25, -0.2) is 9.59 Å². The van der Waals surface area contributed by atoms with Crippen molar-refractivity contribution in [2.75, 3.05) is 6.61 Å². The number of hydrogen-bond acceptors (Lipinski definition) is 7. The number of aryl methyl sites for hydroxylation is 3. The van der Waals surface area contributed by atoms with Crippen LogP contribution in [0.1, 0.15) is 54.9 Å². The molecule has 0 radical (unpaired) electrons. The van der Waals surface area contributed by atoms with Gasteiger partial charge in [-0.05, 0) is 52.2 Å². The first-order valence-electron chi connectivity index (χ1n) is 11.2. The Kier molecular flexibility index (Phi) is 7.76. The standard InChI is InChI=1S/C25H30N2O6S/c1-6-32-23(30)20-16(2)19-21(29)26(15-13-18(28)33-25(3,4)5)24(31)27(22(19)34-20)14-12-17-10-8-7-9-11-17/h7-11H,6,12-15H2,1-5H3. The molecule has 0 aliphatic heterocycles. The van der Waals surface area contributed by atoms with E-state index in [1.807, 2.05) is 30.3 Å². The van der Waals surface area contributed by atoms with Gasteiger partial charge in [-0.15, -0.1) is 11.3 Å². The summed E-state index contributed by atoms with van der Waals surface area (Å²) >= 11 is 1.09. The molecule has 1 aromatic carbocycles. The molecule has 0 saturated heterocycles. The van der Waals surface area contributed by atoms with Crippen LogP contribution >= 0.6 is 11.3 Å².